The number of amides is 2. The number of hydrogen-bond donors (Lipinski definition) is 3. The van der Waals surface area contributed by atoms with Crippen molar-refractivity contribution in [3.8, 4) is 5.75 Å². The van der Waals surface area contributed by atoms with Gasteiger partial charge < -0.3 is 15.7 Å². The molecule has 3 N–H and O–H groups in total. The van der Waals surface area contributed by atoms with Gasteiger partial charge in [-0.1, -0.05) is 39.2 Å². The lowest BCUT2D eigenvalue weighted by molar-refractivity contribution is 0.183. The second-order valence-corrected chi connectivity index (χ2v) is 9.00. The Balaban J connectivity index is 1.46. The van der Waals surface area contributed by atoms with Crippen molar-refractivity contribution in [3.05, 3.63) is 28.8 Å². The summed E-state index contributed by atoms with van der Waals surface area (Å²) in [5, 5.41) is 16.7. The van der Waals surface area contributed by atoms with Crippen molar-refractivity contribution in [1.82, 2.24) is 15.5 Å². The molecule has 0 bridgehead atoms. The Morgan fingerprint density at radius 1 is 1.07 bits per heavy atom. The van der Waals surface area contributed by atoms with Crippen LogP contribution >= 0.6 is 0 Å². The first-order valence-electron chi connectivity index (χ1n) is 11.0. The maximum Gasteiger partial charge on any atom is 0.315 e. The SMILES string of the molecule is Cc1cc(O)c(CN2CCC(NC(=O)NC3CCCCC3)CC2)cc1C(C)C. The van der Waals surface area contributed by atoms with Gasteiger partial charge in [-0.2, -0.15) is 0 Å². The molecule has 2 fully saturated rings. The van der Waals surface area contributed by atoms with Crippen molar-refractivity contribution in [2.24, 2.45) is 0 Å². The summed E-state index contributed by atoms with van der Waals surface area (Å²) in [5.41, 5.74) is 3.47. The monoisotopic (exact) mass is 387 g/mol. The van der Waals surface area contributed by atoms with E-state index >= 15 is 0 Å². The van der Waals surface area contributed by atoms with Crippen molar-refractivity contribution < 1.29 is 9.90 Å². The Labute approximate surface area is 169 Å². The molecule has 0 atom stereocenters. The summed E-state index contributed by atoms with van der Waals surface area (Å²) in [6, 6.07) is 4.67. The lowest BCUT2D eigenvalue weighted by atomic mass is 9.94. The average molecular weight is 388 g/mol. The Morgan fingerprint density at radius 2 is 1.68 bits per heavy atom. The third-order valence-corrected chi connectivity index (χ3v) is 6.35. The van der Waals surface area contributed by atoms with Crippen molar-refractivity contribution in [2.45, 2.75) is 90.3 Å². The van der Waals surface area contributed by atoms with E-state index in [1.807, 2.05) is 6.07 Å². The zero-order valence-electron chi connectivity index (χ0n) is 17.8. The largest absolute Gasteiger partial charge is 0.508 e. The van der Waals surface area contributed by atoms with E-state index in [4.69, 9.17) is 0 Å². The molecule has 1 aromatic carbocycles. The first-order valence-corrected chi connectivity index (χ1v) is 11.0. The summed E-state index contributed by atoms with van der Waals surface area (Å²) >= 11 is 0. The molecule has 28 heavy (non-hydrogen) atoms. The highest BCUT2D eigenvalue weighted by molar-refractivity contribution is 5.74. The molecule has 0 radical (unpaired) electrons. The number of likely N-dealkylation sites (tertiary alicyclic amines) is 1. The summed E-state index contributed by atoms with van der Waals surface area (Å²) < 4.78 is 0. The molecule has 0 spiro atoms. The summed E-state index contributed by atoms with van der Waals surface area (Å²) in [5.74, 6) is 0.853. The summed E-state index contributed by atoms with van der Waals surface area (Å²) in [7, 11) is 0. The second kappa shape index (κ2) is 9.64. The van der Waals surface area contributed by atoms with Gasteiger partial charge in [0.25, 0.3) is 0 Å². The lowest BCUT2D eigenvalue weighted by Gasteiger charge is -2.33. The Hall–Kier alpha value is -1.75. The summed E-state index contributed by atoms with van der Waals surface area (Å²) in [6.07, 6.45) is 7.91. The standard InChI is InChI=1S/C23H37N3O2/c1-16(2)21-14-18(22(27)13-17(21)3)15-26-11-9-20(10-12-26)25-23(28)24-19-7-5-4-6-8-19/h13-14,16,19-20,27H,4-12,15H2,1-3H3,(H2,24,25,28). The third kappa shape index (κ3) is 5.63. The van der Waals surface area contributed by atoms with Crippen LogP contribution in [0.25, 0.3) is 0 Å². The number of phenolic OH excluding ortho intramolecular Hbond substituents is 1. The predicted molar refractivity (Wildman–Crippen MR) is 114 cm³/mol. The molecule has 1 aliphatic heterocycles. The van der Waals surface area contributed by atoms with E-state index in [1.165, 1.54) is 24.8 Å². The van der Waals surface area contributed by atoms with Crippen molar-refractivity contribution in [2.75, 3.05) is 13.1 Å². The van der Waals surface area contributed by atoms with Crippen molar-refractivity contribution >= 4 is 6.03 Å². The molecular weight excluding hydrogens is 350 g/mol. The van der Waals surface area contributed by atoms with Crippen molar-refractivity contribution in [3.63, 3.8) is 0 Å². The first kappa shape index (κ1) is 21.0. The van der Waals surface area contributed by atoms with Crippen LogP contribution in [0.1, 0.15) is 81.4 Å². The number of carbonyl (C=O) groups is 1. The van der Waals surface area contributed by atoms with Crippen LogP contribution in [0.2, 0.25) is 0 Å². The van der Waals surface area contributed by atoms with Crippen LogP contribution in [0.3, 0.4) is 0 Å². The van der Waals surface area contributed by atoms with Gasteiger partial charge in [-0.05, 0) is 55.7 Å². The van der Waals surface area contributed by atoms with Crippen LogP contribution in [-0.4, -0.2) is 41.2 Å². The molecule has 1 heterocycles. The number of benzene rings is 1. The molecule has 0 aromatic heterocycles. The van der Waals surface area contributed by atoms with E-state index in [-0.39, 0.29) is 12.1 Å². The molecule has 3 rings (SSSR count). The number of nitrogens with one attached hydrogen (secondary N) is 2. The maximum atomic E-state index is 12.3. The van der Waals surface area contributed by atoms with Gasteiger partial charge in [0, 0.05) is 37.3 Å². The lowest BCUT2D eigenvalue weighted by Crippen LogP contribution is -2.50. The van der Waals surface area contributed by atoms with E-state index < -0.39 is 0 Å². The average Bonchev–Trinajstić information content (AvgIpc) is 2.66. The fourth-order valence-electron chi connectivity index (χ4n) is 4.64. The molecule has 1 aromatic rings. The van der Waals surface area contributed by atoms with Gasteiger partial charge in [0.1, 0.15) is 5.75 Å². The number of piperidine rings is 1. The Kier molecular flexibility index (Phi) is 7.22. The normalized spacial score (nSPS) is 19.7. The second-order valence-electron chi connectivity index (χ2n) is 9.00. The smallest absolute Gasteiger partial charge is 0.315 e. The zero-order valence-corrected chi connectivity index (χ0v) is 17.8. The maximum absolute atomic E-state index is 12.3. The van der Waals surface area contributed by atoms with Gasteiger partial charge in [-0.3, -0.25) is 4.90 Å². The molecule has 1 saturated carbocycles. The minimum atomic E-state index is 0.00287. The van der Waals surface area contributed by atoms with Crippen LogP contribution < -0.4 is 10.6 Å². The molecule has 5 nitrogen and oxygen atoms in total. The molecule has 5 heteroatoms. The number of hydrogen-bond acceptors (Lipinski definition) is 3. The van der Waals surface area contributed by atoms with E-state index in [1.54, 1.807) is 0 Å². The quantitative estimate of drug-likeness (QED) is 0.701. The minimum absolute atomic E-state index is 0.00287. The number of aromatic hydroxyl groups is 1. The molecule has 1 aliphatic carbocycles. The number of urea groups is 1. The van der Waals surface area contributed by atoms with Crippen LogP contribution in [0.4, 0.5) is 4.79 Å². The van der Waals surface area contributed by atoms with Crippen LogP contribution in [-0.2, 0) is 6.54 Å². The molecule has 0 unspecified atom stereocenters. The number of carbonyl (C=O) groups excluding carboxylic acids is 1. The van der Waals surface area contributed by atoms with Gasteiger partial charge in [-0.15, -0.1) is 0 Å². The zero-order chi connectivity index (χ0) is 20.1. The third-order valence-electron chi connectivity index (χ3n) is 6.35. The Bertz CT molecular complexity index is 660. The summed E-state index contributed by atoms with van der Waals surface area (Å²) in [6.45, 7) is 9.11. The highest BCUT2D eigenvalue weighted by Gasteiger charge is 2.23. The van der Waals surface area contributed by atoms with Gasteiger partial charge in [0.05, 0.1) is 0 Å². The highest BCUT2D eigenvalue weighted by Crippen LogP contribution is 2.29. The van der Waals surface area contributed by atoms with Gasteiger partial charge in [0.15, 0.2) is 0 Å². The Morgan fingerprint density at radius 3 is 2.29 bits per heavy atom. The van der Waals surface area contributed by atoms with E-state index in [2.05, 4.69) is 42.4 Å². The van der Waals surface area contributed by atoms with E-state index in [0.29, 0.717) is 17.7 Å². The molecule has 2 amide bonds. The summed E-state index contributed by atoms with van der Waals surface area (Å²) in [4.78, 5) is 14.6. The number of nitrogens with zero attached hydrogens (tertiary/aromatic N) is 1. The van der Waals surface area contributed by atoms with Crippen LogP contribution in [0.15, 0.2) is 12.1 Å². The van der Waals surface area contributed by atoms with E-state index in [9.17, 15) is 9.90 Å². The van der Waals surface area contributed by atoms with E-state index in [0.717, 1.165) is 56.4 Å². The van der Waals surface area contributed by atoms with Crippen LogP contribution in [0.5, 0.6) is 5.75 Å². The molecule has 156 valence electrons. The fourth-order valence-corrected chi connectivity index (χ4v) is 4.64. The topological polar surface area (TPSA) is 64.6 Å². The predicted octanol–water partition coefficient (Wildman–Crippen LogP) is 4.42. The van der Waals surface area contributed by atoms with Crippen LogP contribution in [0, 0.1) is 6.92 Å². The first-order chi connectivity index (χ1) is 13.4. The highest BCUT2D eigenvalue weighted by atomic mass is 16.3. The van der Waals surface area contributed by atoms with Gasteiger partial charge >= 0.3 is 6.03 Å². The number of phenols is 1. The molecular formula is C23H37N3O2. The molecule has 1 saturated heterocycles. The number of rotatable bonds is 5. The molecule has 2 aliphatic rings. The fraction of sp³-hybridized carbons (Fsp3) is 0.696. The minimum Gasteiger partial charge on any atom is -0.508 e. The number of aryl methyl sites for hydroxylation is 1. The van der Waals surface area contributed by atoms with Crippen molar-refractivity contribution in [1.29, 1.82) is 0 Å². The van der Waals surface area contributed by atoms with Gasteiger partial charge in [0.2, 0.25) is 0 Å². The van der Waals surface area contributed by atoms with Gasteiger partial charge in [-0.25, -0.2) is 4.79 Å².